The number of hydrogen-bond donors (Lipinski definition) is 1. The van der Waals surface area contributed by atoms with Gasteiger partial charge in [-0.3, -0.25) is 4.79 Å². The molecule has 0 bridgehead atoms. The van der Waals surface area contributed by atoms with E-state index in [-0.39, 0.29) is 5.91 Å². The van der Waals surface area contributed by atoms with Gasteiger partial charge >= 0.3 is 0 Å². The number of carbonyl (C=O) groups excluding carboxylic acids is 1. The van der Waals surface area contributed by atoms with Crippen LogP contribution in [-0.2, 0) is 4.79 Å². The molecule has 3 aromatic rings. The Morgan fingerprint density at radius 3 is 2.58 bits per heavy atom. The van der Waals surface area contributed by atoms with Gasteiger partial charge in [0, 0.05) is 18.6 Å². The normalized spacial score (nSPS) is 12.1. The number of aryl methyl sites for hydroxylation is 1. The highest BCUT2D eigenvalue weighted by Crippen LogP contribution is 2.28. The number of amides is 1. The number of benzene rings is 2. The molecule has 6 heteroatoms. The number of nitrogens with one attached hydrogen (secondary N) is 1. The second-order valence-corrected chi connectivity index (χ2v) is 5.60. The molecular weight excluding hydrogens is 330 g/mol. The van der Waals surface area contributed by atoms with E-state index in [1.165, 1.54) is 6.08 Å². The van der Waals surface area contributed by atoms with Gasteiger partial charge in [-0.15, -0.1) is 0 Å². The highest BCUT2D eigenvalue weighted by atomic mass is 16.5. The predicted molar refractivity (Wildman–Crippen MR) is 97.5 cm³/mol. The Labute approximate surface area is 151 Å². The SMILES string of the molecule is COc1ccccc1[C@H](NC(=O)/C=C/c1ccccc1)c1noc(C)n1. The zero-order chi connectivity index (χ0) is 18.4. The maximum atomic E-state index is 12.5. The third kappa shape index (κ3) is 4.16. The summed E-state index contributed by atoms with van der Waals surface area (Å²) < 4.78 is 10.5. The fourth-order valence-electron chi connectivity index (χ4n) is 2.54. The summed E-state index contributed by atoms with van der Waals surface area (Å²) in [6, 6.07) is 16.4. The van der Waals surface area contributed by atoms with Gasteiger partial charge in [-0.2, -0.15) is 4.98 Å². The monoisotopic (exact) mass is 349 g/mol. The van der Waals surface area contributed by atoms with Gasteiger partial charge in [-0.25, -0.2) is 0 Å². The van der Waals surface area contributed by atoms with Crippen molar-refractivity contribution in [2.45, 2.75) is 13.0 Å². The number of hydrogen-bond acceptors (Lipinski definition) is 5. The maximum Gasteiger partial charge on any atom is 0.244 e. The van der Waals surface area contributed by atoms with E-state index in [9.17, 15) is 4.79 Å². The first kappa shape index (κ1) is 17.4. The fourth-order valence-corrected chi connectivity index (χ4v) is 2.54. The van der Waals surface area contributed by atoms with Gasteiger partial charge in [-0.05, 0) is 17.7 Å². The van der Waals surface area contributed by atoms with Gasteiger partial charge in [0.2, 0.25) is 11.8 Å². The molecule has 6 nitrogen and oxygen atoms in total. The quantitative estimate of drug-likeness (QED) is 0.691. The van der Waals surface area contributed by atoms with Crippen LogP contribution in [0.15, 0.2) is 65.2 Å². The van der Waals surface area contributed by atoms with Gasteiger partial charge in [0.1, 0.15) is 11.8 Å². The molecule has 0 unspecified atom stereocenters. The van der Waals surface area contributed by atoms with Crippen LogP contribution in [-0.4, -0.2) is 23.2 Å². The molecule has 0 saturated carbocycles. The lowest BCUT2D eigenvalue weighted by Gasteiger charge is -2.17. The molecule has 1 heterocycles. The van der Waals surface area contributed by atoms with Crippen LogP contribution < -0.4 is 10.1 Å². The van der Waals surface area contributed by atoms with Crippen molar-refractivity contribution in [1.29, 1.82) is 0 Å². The molecule has 1 amide bonds. The van der Waals surface area contributed by atoms with Gasteiger partial charge in [-0.1, -0.05) is 53.7 Å². The fraction of sp³-hybridized carbons (Fsp3) is 0.150. The van der Waals surface area contributed by atoms with E-state index in [0.29, 0.717) is 17.5 Å². The predicted octanol–water partition coefficient (Wildman–Crippen LogP) is 3.31. The third-order valence-corrected chi connectivity index (χ3v) is 3.76. The van der Waals surface area contributed by atoms with Crippen molar-refractivity contribution in [3.63, 3.8) is 0 Å². The molecule has 132 valence electrons. The van der Waals surface area contributed by atoms with Gasteiger partial charge in [0.15, 0.2) is 5.82 Å². The highest BCUT2D eigenvalue weighted by Gasteiger charge is 2.24. The number of para-hydroxylation sites is 1. The van der Waals surface area contributed by atoms with Crippen LogP contribution in [0.2, 0.25) is 0 Å². The van der Waals surface area contributed by atoms with E-state index >= 15 is 0 Å². The Kier molecular flexibility index (Phi) is 5.43. The van der Waals surface area contributed by atoms with Crippen molar-refractivity contribution in [3.8, 4) is 5.75 Å². The van der Waals surface area contributed by atoms with E-state index in [1.807, 2.05) is 54.6 Å². The summed E-state index contributed by atoms with van der Waals surface area (Å²) in [5, 5.41) is 6.88. The molecule has 0 aliphatic rings. The molecule has 0 saturated heterocycles. The molecule has 26 heavy (non-hydrogen) atoms. The van der Waals surface area contributed by atoms with Gasteiger partial charge in [0.25, 0.3) is 0 Å². The third-order valence-electron chi connectivity index (χ3n) is 3.76. The van der Waals surface area contributed by atoms with Crippen molar-refractivity contribution in [2.24, 2.45) is 0 Å². The second kappa shape index (κ2) is 8.11. The van der Waals surface area contributed by atoms with E-state index in [0.717, 1.165) is 11.1 Å². The van der Waals surface area contributed by atoms with Crippen molar-refractivity contribution in [1.82, 2.24) is 15.5 Å². The first-order chi connectivity index (χ1) is 12.7. The number of carbonyl (C=O) groups is 1. The molecular formula is C20H19N3O3. The smallest absolute Gasteiger partial charge is 0.244 e. The first-order valence-electron chi connectivity index (χ1n) is 8.14. The lowest BCUT2D eigenvalue weighted by Crippen LogP contribution is -2.29. The molecule has 0 aliphatic carbocycles. The first-order valence-corrected chi connectivity index (χ1v) is 8.14. The van der Waals surface area contributed by atoms with Crippen LogP contribution in [0.1, 0.15) is 28.9 Å². The molecule has 1 atom stereocenters. The summed E-state index contributed by atoms with van der Waals surface area (Å²) in [6.07, 6.45) is 3.22. The zero-order valence-corrected chi connectivity index (χ0v) is 14.5. The molecule has 1 aromatic heterocycles. The number of ether oxygens (including phenoxy) is 1. The van der Waals surface area contributed by atoms with Crippen molar-refractivity contribution in [2.75, 3.05) is 7.11 Å². The Hall–Kier alpha value is -3.41. The number of nitrogens with zero attached hydrogens (tertiary/aromatic N) is 2. The van der Waals surface area contributed by atoms with Crippen LogP contribution in [0, 0.1) is 6.92 Å². The van der Waals surface area contributed by atoms with Crippen molar-refractivity contribution in [3.05, 3.63) is 83.5 Å². The molecule has 0 fully saturated rings. The number of aromatic nitrogens is 2. The van der Waals surface area contributed by atoms with Crippen LogP contribution in [0.5, 0.6) is 5.75 Å². The summed E-state index contributed by atoms with van der Waals surface area (Å²) in [5.41, 5.74) is 1.68. The second-order valence-electron chi connectivity index (χ2n) is 5.60. The topological polar surface area (TPSA) is 77.2 Å². The van der Waals surface area contributed by atoms with Crippen LogP contribution in [0.3, 0.4) is 0 Å². The summed E-state index contributed by atoms with van der Waals surface area (Å²) >= 11 is 0. The molecule has 3 rings (SSSR count). The number of rotatable bonds is 6. The average molecular weight is 349 g/mol. The van der Waals surface area contributed by atoms with E-state index in [1.54, 1.807) is 20.1 Å². The zero-order valence-electron chi connectivity index (χ0n) is 14.5. The highest BCUT2D eigenvalue weighted by molar-refractivity contribution is 5.92. The largest absolute Gasteiger partial charge is 0.496 e. The minimum absolute atomic E-state index is 0.271. The van der Waals surface area contributed by atoms with Gasteiger partial charge < -0.3 is 14.6 Å². The Morgan fingerprint density at radius 1 is 1.15 bits per heavy atom. The molecule has 0 aliphatic heterocycles. The summed E-state index contributed by atoms with van der Waals surface area (Å²) in [5.74, 6) is 1.15. The standard InChI is InChI=1S/C20H19N3O3/c1-14-21-20(23-26-14)19(16-10-6-7-11-17(16)25-2)22-18(24)13-12-15-8-4-3-5-9-15/h3-13,19H,1-2H3,(H,22,24)/b13-12+/t19-/m0/s1. The molecule has 0 radical (unpaired) electrons. The molecule has 1 N–H and O–H groups in total. The average Bonchev–Trinajstić information content (AvgIpc) is 3.11. The van der Waals surface area contributed by atoms with E-state index < -0.39 is 6.04 Å². The summed E-state index contributed by atoms with van der Waals surface area (Å²) in [7, 11) is 1.58. The number of methoxy groups -OCH3 is 1. The Morgan fingerprint density at radius 2 is 1.88 bits per heavy atom. The van der Waals surface area contributed by atoms with E-state index in [4.69, 9.17) is 9.26 Å². The van der Waals surface area contributed by atoms with Crippen LogP contribution >= 0.6 is 0 Å². The Balaban J connectivity index is 1.87. The maximum absolute atomic E-state index is 12.5. The molecule has 2 aromatic carbocycles. The minimum atomic E-state index is -0.587. The van der Waals surface area contributed by atoms with Crippen LogP contribution in [0.4, 0.5) is 0 Å². The van der Waals surface area contributed by atoms with E-state index in [2.05, 4.69) is 15.5 Å². The minimum Gasteiger partial charge on any atom is -0.496 e. The summed E-state index contributed by atoms with van der Waals surface area (Å²) in [4.78, 5) is 16.7. The van der Waals surface area contributed by atoms with Crippen molar-refractivity contribution >= 4 is 12.0 Å². The van der Waals surface area contributed by atoms with Gasteiger partial charge in [0.05, 0.1) is 7.11 Å². The van der Waals surface area contributed by atoms with Crippen LogP contribution in [0.25, 0.3) is 6.08 Å². The van der Waals surface area contributed by atoms with Crippen molar-refractivity contribution < 1.29 is 14.1 Å². The molecule has 0 spiro atoms. The lowest BCUT2D eigenvalue weighted by atomic mass is 10.0. The summed E-state index contributed by atoms with van der Waals surface area (Å²) in [6.45, 7) is 1.70. The Bertz CT molecular complexity index is 903. The lowest BCUT2D eigenvalue weighted by molar-refractivity contribution is -0.117.